The van der Waals surface area contributed by atoms with Crippen molar-refractivity contribution in [3.05, 3.63) is 45.9 Å². The maximum atomic E-state index is 13.0. The van der Waals surface area contributed by atoms with Crippen LogP contribution in [0.3, 0.4) is 0 Å². The Morgan fingerprint density at radius 3 is 2.33 bits per heavy atom. The molecule has 2 amide bonds. The van der Waals surface area contributed by atoms with Crippen molar-refractivity contribution in [2.45, 2.75) is 43.8 Å². The van der Waals surface area contributed by atoms with Crippen LogP contribution in [0, 0.1) is 12.8 Å². The highest BCUT2D eigenvalue weighted by Gasteiger charge is 2.27. The molecule has 2 saturated heterocycles. The van der Waals surface area contributed by atoms with Crippen LogP contribution < -0.4 is 0 Å². The Bertz CT molecular complexity index is 930. The number of piperazine rings is 1. The summed E-state index contributed by atoms with van der Waals surface area (Å²) < 4.78 is 0. The summed E-state index contributed by atoms with van der Waals surface area (Å²) in [5.41, 5.74) is 1.85. The fraction of sp³-hybridized carbons (Fsp3) is 0.560. The second-order valence-electron chi connectivity index (χ2n) is 8.93. The van der Waals surface area contributed by atoms with Crippen molar-refractivity contribution in [3.63, 3.8) is 0 Å². The predicted molar refractivity (Wildman–Crippen MR) is 135 cm³/mol. The van der Waals surface area contributed by atoms with E-state index >= 15 is 0 Å². The van der Waals surface area contributed by atoms with Crippen molar-refractivity contribution in [1.29, 1.82) is 0 Å². The van der Waals surface area contributed by atoms with Gasteiger partial charge in [0.2, 0.25) is 5.91 Å². The van der Waals surface area contributed by atoms with Gasteiger partial charge in [-0.1, -0.05) is 6.92 Å². The number of hydrogen-bond acceptors (Lipinski definition) is 6. The van der Waals surface area contributed by atoms with Gasteiger partial charge >= 0.3 is 0 Å². The Morgan fingerprint density at radius 2 is 1.73 bits per heavy atom. The van der Waals surface area contributed by atoms with E-state index in [-0.39, 0.29) is 11.8 Å². The third kappa shape index (κ3) is 6.58. The molecule has 1 aromatic carbocycles. The van der Waals surface area contributed by atoms with Crippen molar-refractivity contribution in [2.75, 3.05) is 45.8 Å². The van der Waals surface area contributed by atoms with Crippen LogP contribution in [0.25, 0.3) is 0 Å². The first-order valence-corrected chi connectivity index (χ1v) is 13.8. The van der Waals surface area contributed by atoms with Gasteiger partial charge in [-0.15, -0.1) is 23.1 Å². The smallest absolute Gasteiger partial charge is 0.253 e. The highest BCUT2D eigenvalue weighted by Crippen LogP contribution is 2.26. The molecule has 6 nitrogen and oxygen atoms in total. The van der Waals surface area contributed by atoms with Gasteiger partial charge in [0.25, 0.3) is 5.91 Å². The van der Waals surface area contributed by atoms with Crippen molar-refractivity contribution in [1.82, 2.24) is 19.7 Å². The number of piperidine rings is 1. The van der Waals surface area contributed by atoms with E-state index in [2.05, 4.69) is 22.2 Å². The molecule has 8 heteroatoms. The summed E-state index contributed by atoms with van der Waals surface area (Å²) in [5.74, 6) is 1.62. The third-order valence-corrected chi connectivity index (χ3v) is 8.56. The fourth-order valence-electron chi connectivity index (χ4n) is 4.54. The second kappa shape index (κ2) is 11.5. The maximum Gasteiger partial charge on any atom is 0.253 e. The lowest BCUT2D eigenvalue weighted by molar-refractivity contribution is -0.134. The van der Waals surface area contributed by atoms with E-state index in [0.29, 0.717) is 12.3 Å². The van der Waals surface area contributed by atoms with Gasteiger partial charge in [-0.2, -0.15) is 0 Å². The van der Waals surface area contributed by atoms with Crippen LogP contribution in [0.15, 0.2) is 34.5 Å². The van der Waals surface area contributed by atoms with E-state index in [4.69, 9.17) is 0 Å². The van der Waals surface area contributed by atoms with Crippen LogP contribution in [0.2, 0.25) is 0 Å². The Labute approximate surface area is 205 Å². The van der Waals surface area contributed by atoms with E-state index in [0.717, 1.165) is 85.6 Å². The number of likely N-dealkylation sites (N-methyl/N-ethyl adjacent to an activating group) is 1. The number of likely N-dealkylation sites (tertiary alicyclic amines) is 1. The van der Waals surface area contributed by atoms with Gasteiger partial charge in [0.1, 0.15) is 0 Å². The summed E-state index contributed by atoms with van der Waals surface area (Å²) >= 11 is 3.42. The largest absolute Gasteiger partial charge is 0.340 e. The molecule has 0 atom stereocenters. The Hall–Kier alpha value is -1.90. The summed E-state index contributed by atoms with van der Waals surface area (Å²) in [4.78, 5) is 37.7. The molecule has 33 heavy (non-hydrogen) atoms. The zero-order valence-electron chi connectivity index (χ0n) is 19.7. The number of amides is 2. The molecule has 3 heterocycles. The van der Waals surface area contributed by atoms with Crippen molar-refractivity contribution >= 4 is 34.9 Å². The van der Waals surface area contributed by atoms with Crippen molar-refractivity contribution in [2.24, 2.45) is 5.92 Å². The van der Waals surface area contributed by atoms with Gasteiger partial charge in [0.15, 0.2) is 0 Å². The summed E-state index contributed by atoms with van der Waals surface area (Å²) in [6.45, 7) is 10.4. The highest BCUT2D eigenvalue weighted by molar-refractivity contribution is 7.98. The number of rotatable bonds is 7. The molecule has 0 spiro atoms. The third-order valence-electron chi connectivity index (χ3n) is 6.69. The lowest BCUT2D eigenvalue weighted by Gasteiger charge is -2.36. The molecule has 0 aliphatic carbocycles. The highest BCUT2D eigenvalue weighted by atomic mass is 32.2. The SMILES string of the molecule is CCN1CCN(C(=O)CC2CCN(C(=O)c3ccc(SCc4csc(C)n4)cc3)CC2)CC1. The quantitative estimate of drug-likeness (QED) is 0.551. The molecule has 0 N–H and O–H groups in total. The van der Waals surface area contributed by atoms with E-state index in [1.807, 2.05) is 41.0 Å². The molecule has 178 valence electrons. The van der Waals surface area contributed by atoms with Crippen molar-refractivity contribution in [3.8, 4) is 0 Å². The number of aromatic nitrogens is 1. The van der Waals surface area contributed by atoms with Crippen LogP contribution in [0.5, 0.6) is 0 Å². The summed E-state index contributed by atoms with van der Waals surface area (Å²) in [6, 6.07) is 7.92. The minimum absolute atomic E-state index is 0.0992. The number of hydrogen-bond donors (Lipinski definition) is 0. The number of nitrogens with zero attached hydrogens (tertiary/aromatic N) is 4. The summed E-state index contributed by atoms with van der Waals surface area (Å²) in [5, 5.41) is 3.19. The average Bonchev–Trinajstić information content (AvgIpc) is 3.28. The second-order valence-corrected chi connectivity index (χ2v) is 11.0. The number of benzene rings is 1. The Kier molecular flexibility index (Phi) is 8.44. The molecule has 2 aliphatic rings. The van der Waals surface area contributed by atoms with Crippen LogP contribution in [0.4, 0.5) is 0 Å². The Morgan fingerprint density at radius 1 is 1.03 bits per heavy atom. The van der Waals surface area contributed by atoms with Gasteiger partial charge < -0.3 is 14.7 Å². The van der Waals surface area contributed by atoms with E-state index in [1.54, 1.807) is 23.1 Å². The number of carbonyl (C=O) groups is 2. The standard InChI is InChI=1S/C25H34N4O2S2/c1-3-27-12-14-28(15-13-27)24(30)16-20-8-10-29(11-9-20)25(31)21-4-6-23(7-5-21)33-18-22-17-32-19(2)26-22/h4-7,17,20H,3,8-16,18H2,1-2H3. The lowest BCUT2D eigenvalue weighted by atomic mass is 9.92. The van der Waals surface area contributed by atoms with Gasteiger partial charge in [-0.25, -0.2) is 4.98 Å². The van der Waals surface area contributed by atoms with Gasteiger partial charge in [-0.05, 0) is 56.5 Å². The van der Waals surface area contributed by atoms with Gasteiger partial charge in [0.05, 0.1) is 10.7 Å². The topological polar surface area (TPSA) is 56.8 Å². The minimum Gasteiger partial charge on any atom is -0.340 e. The first kappa shape index (κ1) is 24.2. The van der Waals surface area contributed by atoms with Crippen LogP contribution >= 0.6 is 23.1 Å². The van der Waals surface area contributed by atoms with E-state index < -0.39 is 0 Å². The van der Waals surface area contributed by atoms with Crippen molar-refractivity contribution < 1.29 is 9.59 Å². The lowest BCUT2D eigenvalue weighted by Crippen LogP contribution is -2.49. The Balaban J connectivity index is 1.20. The molecule has 4 rings (SSSR count). The van der Waals surface area contributed by atoms with Gasteiger partial charge in [0, 0.05) is 67.3 Å². The normalized spacial score (nSPS) is 18.0. The van der Waals surface area contributed by atoms with Crippen LogP contribution in [-0.2, 0) is 10.5 Å². The first-order chi connectivity index (χ1) is 16.0. The monoisotopic (exact) mass is 486 g/mol. The predicted octanol–water partition coefficient (Wildman–Crippen LogP) is 4.15. The molecule has 0 radical (unpaired) electrons. The van der Waals surface area contributed by atoms with E-state index in [1.165, 1.54) is 0 Å². The summed E-state index contributed by atoms with van der Waals surface area (Å²) in [7, 11) is 0. The molecule has 2 fully saturated rings. The van der Waals surface area contributed by atoms with Crippen LogP contribution in [0.1, 0.15) is 47.2 Å². The van der Waals surface area contributed by atoms with Gasteiger partial charge in [-0.3, -0.25) is 9.59 Å². The van der Waals surface area contributed by atoms with Crippen LogP contribution in [-0.4, -0.2) is 77.3 Å². The number of carbonyl (C=O) groups excluding carboxylic acids is 2. The van der Waals surface area contributed by atoms with E-state index in [9.17, 15) is 9.59 Å². The fourth-order valence-corrected chi connectivity index (χ4v) is 6.05. The summed E-state index contributed by atoms with van der Waals surface area (Å²) in [6.07, 6.45) is 2.44. The molecular formula is C25H34N4O2S2. The molecule has 0 bridgehead atoms. The molecular weight excluding hydrogens is 452 g/mol. The molecule has 0 saturated carbocycles. The number of thioether (sulfide) groups is 1. The molecule has 2 aromatic rings. The zero-order chi connectivity index (χ0) is 23.2. The molecule has 1 aromatic heterocycles. The average molecular weight is 487 g/mol. The molecule has 2 aliphatic heterocycles. The number of thiazole rings is 1. The number of aryl methyl sites for hydroxylation is 1. The first-order valence-electron chi connectivity index (χ1n) is 11.9. The minimum atomic E-state index is 0.0992. The zero-order valence-corrected chi connectivity index (χ0v) is 21.3. The maximum absolute atomic E-state index is 13.0. The molecule has 0 unspecified atom stereocenters.